The minimum absolute atomic E-state index is 0.0347. The molecule has 1 aromatic carbocycles. The molecule has 0 aliphatic rings. The Hall–Kier alpha value is -1.31. The Morgan fingerprint density at radius 1 is 1.22 bits per heavy atom. The van der Waals surface area contributed by atoms with Crippen LogP contribution in [0.2, 0.25) is 0 Å². The Bertz CT molecular complexity index is 362. The van der Waals surface area contributed by atoms with Gasteiger partial charge in [0.25, 0.3) is 0 Å². The third kappa shape index (κ3) is 5.85. The topological polar surface area (TPSA) is 26.3 Å². The fourth-order valence-electron chi connectivity index (χ4n) is 1.58. The number of rotatable bonds is 5. The van der Waals surface area contributed by atoms with Crippen LogP contribution in [0.3, 0.4) is 0 Å². The van der Waals surface area contributed by atoms with Crippen LogP contribution < -0.4 is 0 Å². The van der Waals surface area contributed by atoms with E-state index in [1.165, 1.54) is 5.56 Å². The summed E-state index contributed by atoms with van der Waals surface area (Å²) in [5.74, 6) is -0.117. The van der Waals surface area contributed by atoms with Gasteiger partial charge < -0.3 is 4.74 Å². The summed E-state index contributed by atoms with van der Waals surface area (Å²) < 4.78 is 5.32. The number of aryl methyl sites for hydroxylation is 1. The summed E-state index contributed by atoms with van der Waals surface area (Å²) in [4.78, 5) is 11.8. The molecule has 0 spiro atoms. The number of hydrogen-bond donors (Lipinski definition) is 0. The van der Waals surface area contributed by atoms with E-state index in [0.29, 0.717) is 6.61 Å². The first-order chi connectivity index (χ1) is 8.38. The van der Waals surface area contributed by atoms with Gasteiger partial charge in [-0.25, -0.2) is 0 Å². The van der Waals surface area contributed by atoms with Crippen LogP contribution in [0.15, 0.2) is 30.3 Å². The van der Waals surface area contributed by atoms with Gasteiger partial charge in [0.05, 0.1) is 12.5 Å². The van der Waals surface area contributed by atoms with Crippen molar-refractivity contribution in [2.45, 2.75) is 40.5 Å². The van der Waals surface area contributed by atoms with Crippen LogP contribution in [0.5, 0.6) is 0 Å². The van der Waals surface area contributed by atoms with Gasteiger partial charge in [0.1, 0.15) is 0 Å². The van der Waals surface area contributed by atoms with Crippen molar-refractivity contribution < 1.29 is 9.53 Å². The molecule has 0 aliphatic heterocycles. The predicted octanol–water partition coefficient (Wildman–Crippen LogP) is 3.84. The molecule has 1 atom stereocenters. The summed E-state index contributed by atoms with van der Waals surface area (Å²) in [6, 6.07) is 10.2. The number of ether oxygens (including phenoxy) is 1. The number of carbonyl (C=O) groups is 1. The average Bonchev–Trinajstić information content (AvgIpc) is 2.33. The summed E-state index contributed by atoms with van der Waals surface area (Å²) in [6.07, 6.45) is 1.76. The number of hydrogen-bond acceptors (Lipinski definition) is 2. The Labute approximate surface area is 110 Å². The Kier molecular flexibility index (Phi) is 5.39. The van der Waals surface area contributed by atoms with Gasteiger partial charge in [0.2, 0.25) is 0 Å². The molecule has 18 heavy (non-hydrogen) atoms. The lowest BCUT2D eigenvalue weighted by molar-refractivity contribution is -0.150. The Morgan fingerprint density at radius 3 is 2.39 bits per heavy atom. The summed E-state index contributed by atoms with van der Waals surface area (Å²) in [7, 11) is 0. The number of benzene rings is 1. The van der Waals surface area contributed by atoms with Crippen molar-refractivity contribution >= 4 is 5.97 Å². The molecule has 0 saturated carbocycles. The van der Waals surface area contributed by atoms with Crippen molar-refractivity contribution in [1.82, 2.24) is 0 Å². The van der Waals surface area contributed by atoms with E-state index in [1.54, 1.807) is 0 Å². The lowest BCUT2D eigenvalue weighted by Crippen LogP contribution is -2.22. The summed E-state index contributed by atoms with van der Waals surface area (Å²) in [6.45, 7) is 8.62. The highest BCUT2D eigenvalue weighted by Gasteiger charge is 2.18. The molecule has 0 heterocycles. The van der Waals surface area contributed by atoms with Gasteiger partial charge in [0, 0.05) is 0 Å². The van der Waals surface area contributed by atoms with Gasteiger partial charge in [0.15, 0.2) is 0 Å². The Balaban J connectivity index is 2.32. The van der Waals surface area contributed by atoms with Crippen molar-refractivity contribution in [3.63, 3.8) is 0 Å². The van der Waals surface area contributed by atoms with Crippen LogP contribution in [-0.4, -0.2) is 12.6 Å². The second-order valence-electron chi connectivity index (χ2n) is 6.09. The summed E-state index contributed by atoms with van der Waals surface area (Å²) in [5, 5.41) is 0. The summed E-state index contributed by atoms with van der Waals surface area (Å²) >= 11 is 0. The van der Waals surface area contributed by atoms with Crippen molar-refractivity contribution in [3.05, 3.63) is 35.9 Å². The second kappa shape index (κ2) is 6.58. The van der Waals surface area contributed by atoms with Crippen LogP contribution in [-0.2, 0) is 16.0 Å². The van der Waals surface area contributed by atoms with E-state index in [-0.39, 0.29) is 17.3 Å². The van der Waals surface area contributed by atoms with Gasteiger partial charge in [-0.2, -0.15) is 0 Å². The third-order valence-corrected chi connectivity index (χ3v) is 2.76. The molecule has 0 amide bonds. The monoisotopic (exact) mass is 248 g/mol. The molecule has 0 N–H and O–H groups in total. The van der Waals surface area contributed by atoms with E-state index in [4.69, 9.17) is 4.74 Å². The maximum Gasteiger partial charge on any atom is 0.308 e. The van der Waals surface area contributed by atoms with Crippen LogP contribution in [0.1, 0.15) is 39.7 Å². The smallest absolute Gasteiger partial charge is 0.308 e. The molecule has 0 aromatic heterocycles. The first-order valence-corrected chi connectivity index (χ1v) is 6.59. The van der Waals surface area contributed by atoms with Gasteiger partial charge >= 0.3 is 5.97 Å². The largest absolute Gasteiger partial charge is 0.465 e. The standard InChI is InChI=1S/C16H24O2/c1-13(15(17)18-12-16(2,3)4)10-11-14-8-6-5-7-9-14/h5-9,13H,10-12H2,1-4H3/t13-/m0/s1. The van der Waals surface area contributed by atoms with Gasteiger partial charge in [-0.3, -0.25) is 4.79 Å². The van der Waals surface area contributed by atoms with Crippen molar-refractivity contribution in [2.75, 3.05) is 6.61 Å². The molecule has 0 radical (unpaired) electrons. The van der Waals surface area contributed by atoms with Gasteiger partial charge in [-0.1, -0.05) is 58.0 Å². The van der Waals surface area contributed by atoms with E-state index in [9.17, 15) is 4.79 Å². The maximum absolute atomic E-state index is 11.8. The first kappa shape index (κ1) is 14.7. The zero-order valence-corrected chi connectivity index (χ0v) is 11.9. The molecule has 2 heteroatoms. The lowest BCUT2D eigenvalue weighted by atomic mass is 9.98. The molecule has 2 nitrogen and oxygen atoms in total. The molecule has 0 fully saturated rings. The van der Waals surface area contributed by atoms with E-state index < -0.39 is 0 Å². The SMILES string of the molecule is C[C@@H](CCc1ccccc1)C(=O)OCC(C)(C)C. The maximum atomic E-state index is 11.8. The third-order valence-electron chi connectivity index (χ3n) is 2.76. The quantitative estimate of drug-likeness (QED) is 0.740. The number of esters is 1. The van der Waals surface area contributed by atoms with Crippen LogP contribution in [0.4, 0.5) is 0 Å². The zero-order valence-electron chi connectivity index (χ0n) is 11.9. The predicted molar refractivity (Wildman–Crippen MR) is 74.3 cm³/mol. The molecule has 0 saturated heterocycles. The molecular formula is C16H24O2. The molecule has 100 valence electrons. The molecule has 1 aromatic rings. The highest BCUT2D eigenvalue weighted by Crippen LogP contribution is 2.16. The molecule has 0 unspecified atom stereocenters. The average molecular weight is 248 g/mol. The normalized spacial score (nSPS) is 13.1. The molecule has 0 bridgehead atoms. The van der Waals surface area contributed by atoms with Crippen molar-refractivity contribution in [3.8, 4) is 0 Å². The van der Waals surface area contributed by atoms with Gasteiger partial charge in [-0.15, -0.1) is 0 Å². The fourth-order valence-corrected chi connectivity index (χ4v) is 1.58. The zero-order chi connectivity index (χ0) is 13.6. The minimum atomic E-state index is -0.0825. The van der Waals surface area contributed by atoms with Crippen molar-refractivity contribution in [2.24, 2.45) is 11.3 Å². The van der Waals surface area contributed by atoms with Crippen LogP contribution >= 0.6 is 0 Å². The van der Waals surface area contributed by atoms with Gasteiger partial charge in [-0.05, 0) is 23.8 Å². The fraction of sp³-hybridized carbons (Fsp3) is 0.562. The first-order valence-electron chi connectivity index (χ1n) is 6.59. The van der Waals surface area contributed by atoms with E-state index in [1.807, 2.05) is 25.1 Å². The second-order valence-corrected chi connectivity index (χ2v) is 6.09. The number of carbonyl (C=O) groups excluding carboxylic acids is 1. The molecular weight excluding hydrogens is 224 g/mol. The lowest BCUT2D eigenvalue weighted by Gasteiger charge is -2.19. The minimum Gasteiger partial charge on any atom is -0.465 e. The van der Waals surface area contributed by atoms with E-state index in [0.717, 1.165) is 12.8 Å². The highest BCUT2D eigenvalue weighted by atomic mass is 16.5. The summed E-state index contributed by atoms with van der Waals surface area (Å²) in [5.41, 5.74) is 1.31. The molecule has 1 rings (SSSR count). The molecule has 0 aliphatic carbocycles. The van der Waals surface area contributed by atoms with Crippen LogP contribution in [0.25, 0.3) is 0 Å². The highest BCUT2D eigenvalue weighted by molar-refractivity contribution is 5.72. The van der Waals surface area contributed by atoms with Crippen molar-refractivity contribution in [1.29, 1.82) is 0 Å². The van der Waals surface area contributed by atoms with Crippen LogP contribution in [0, 0.1) is 11.3 Å². The van der Waals surface area contributed by atoms with E-state index in [2.05, 4.69) is 32.9 Å². The van der Waals surface area contributed by atoms with E-state index >= 15 is 0 Å². The Morgan fingerprint density at radius 2 is 1.83 bits per heavy atom.